The first-order valence-electron chi connectivity index (χ1n) is 14.2. The second kappa shape index (κ2) is 12.2. The van der Waals surface area contributed by atoms with E-state index in [0.717, 1.165) is 18.1 Å². The average Bonchev–Trinajstić information content (AvgIpc) is 3.13. The number of carbonyl (C=O) groups is 4. The Labute approximate surface area is 258 Å². The first kappa shape index (κ1) is 32.0. The molecule has 0 aromatic heterocycles. The van der Waals surface area contributed by atoms with Gasteiger partial charge in [-0.2, -0.15) is 13.2 Å². The van der Waals surface area contributed by atoms with Crippen LogP contribution in [0.15, 0.2) is 42.5 Å². The van der Waals surface area contributed by atoms with Crippen molar-refractivity contribution < 1.29 is 41.5 Å². The Hall–Kier alpha value is -3.44. The maximum atomic E-state index is 14.4. The molecule has 5 rings (SSSR count). The fourth-order valence-electron chi connectivity index (χ4n) is 5.72. The normalized spacial score (nSPS) is 19.8. The molecule has 5 amide bonds. The predicted molar refractivity (Wildman–Crippen MR) is 153 cm³/mol. The summed E-state index contributed by atoms with van der Waals surface area (Å²) < 4.78 is 60.9. The number of halogens is 4. The summed E-state index contributed by atoms with van der Waals surface area (Å²) in [4.78, 5) is 57.3. The first-order valence-corrected chi connectivity index (χ1v) is 16.2. The van der Waals surface area contributed by atoms with Gasteiger partial charge in [0, 0.05) is 0 Å². The number of piperidine rings is 1. The van der Waals surface area contributed by atoms with Crippen molar-refractivity contribution in [1.29, 1.82) is 0 Å². The summed E-state index contributed by atoms with van der Waals surface area (Å²) in [5.41, 5.74) is -2.62. The molecule has 0 saturated carbocycles. The summed E-state index contributed by atoms with van der Waals surface area (Å²) in [7, 11) is 1.43. The van der Waals surface area contributed by atoms with Gasteiger partial charge in [0.2, 0.25) is 0 Å². The van der Waals surface area contributed by atoms with E-state index in [0.29, 0.717) is 28.6 Å². The number of hydrogen-bond donors (Lipinski definition) is 1. The van der Waals surface area contributed by atoms with Gasteiger partial charge in [-0.05, 0) is 18.2 Å². The fraction of sp³-hybridized carbons (Fsp3) is 0.467. The molecule has 1 N–H and O–H groups in total. The zero-order chi connectivity index (χ0) is 32.0. The van der Waals surface area contributed by atoms with Crippen LogP contribution < -0.4 is 14.6 Å². The molecule has 1 atom stereocenters. The number of likely N-dealkylation sites (N-methyl/N-ethyl adjacent to an activating group) is 1. The molecule has 3 aliphatic heterocycles. The van der Waals surface area contributed by atoms with E-state index in [1.165, 1.54) is 21.2 Å². The summed E-state index contributed by atoms with van der Waals surface area (Å²) in [6.07, 6.45) is -4.50. The number of nitrogens with one attached hydrogen (secondary N) is 1. The minimum absolute atomic E-state index is 0.0754. The van der Waals surface area contributed by atoms with E-state index in [-0.39, 0.29) is 47.6 Å². The van der Waals surface area contributed by atoms with E-state index in [1.807, 2.05) is 24.3 Å². The summed E-state index contributed by atoms with van der Waals surface area (Å²) >= 11 is -0.0754. The fourth-order valence-corrected chi connectivity index (χ4v) is 8.03. The molecular weight excluding hydrogens is 647 g/mol. The van der Waals surface area contributed by atoms with Gasteiger partial charge in [0.15, 0.2) is 0 Å². The van der Waals surface area contributed by atoms with Gasteiger partial charge in [-0.15, -0.1) is 0 Å². The van der Waals surface area contributed by atoms with Crippen molar-refractivity contribution >= 4 is 49.5 Å². The molecule has 1 spiro atoms. The summed E-state index contributed by atoms with van der Waals surface area (Å²) in [5, 5.41) is 2.41. The molecule has 9 nitrogen and oxygen atoms in total. The summed E-state index contributed by atoms with van der Waals surface area (Å²) in [6, 6.07) is 7.52. The SMILES string of the molecule is CC(C)C(NC(=O)c1cc(C(F)(F)F)ccc1F)C(=O)N1CCC2(CC1)C(=O)N(C)C(=O)N2c1ccc([As]C2COC2)cc1. The van der Waals surface area contributed by atoms with E-state index in [2.05, 4.69) is 5.32 Å². The van der Waals surface area contributed by atoms with Crippen molar-refractivity contribution in [1.82, 2.24) is 15.1 Å². The van der Waals surface area contributed by atoms with E-state index in [4.69, 9.17) is 4.74 Å². The van der Waals surface area contributed by atoms with Gasteiger partial charge in [-0.25, -0.2) is 4.39 Å². The number of imide groups is 1. The summed E-state index contributed by atoms with van der Waals surface area (Å²) in [5.74, 6) is -3.66. The Balaban J connectivity index is 1.31. The van der Waals surface area contributed by atoms with Gasteiger partial charge in [0.1, 0.15) is 5.82 Å². The van der Waals surface area contributed by atoms with Crippen LogP contribution in [0.3, 0.4) is 0 Å². The van der Waals surface area contributed by atoms with Crippen LogP contribution >= 0.6 is 0 Å². The van der Waals surface area contributed by atoms with Gasteiger partial charge < -0.3 is 0 Å². The molecule has 3 aliphatic rings. The topological polar surface area (TPSA) is 99.3 Å². The number of carbonyl (C=O) groups excluding carboxylic acids is 4. The molecule has 1 unspecified atom stereocenters. The Morgan fingerprint density at radius 1 is 1.05 bits per heavy atom. The standard InChI is InChI=1S/C30H32AsF4N4O5/c1-17(2)24(36-25(40)22-14-18(30(33,34)35)4-9-23(22)32)26(41)38-12-10-29(11-13-38)27(42)37(3)28(43)39(29)21-7-5-19(6-8-21)31-20-15-44-16-20/h4-9,14,17,20,24H,10-13,15-16H2,1-3H3,(H,36,40). The van der Waals surface area contributed by atoms with Crippen LogP contribution in [-0.4, -0.2) is 94.2 Å². The molecule has 44 heavy (non-hydrogen) atoms. The Morgan fingerprint density at radius 2 is 1.68 bits per heavy atom. The molecule has 1 radical (unpaired) electrons. The van der Waals surface area contributed by atoms with E-state index >= 15 is 0 Å². The number of likely N-dealkylation sites (tertiary alicyclic amines) is 1. The number of amides is 5. The molecule has 0 bridgehead atoms. The van der Waals surface area contributed by atoms with Gasteiger partial charge in [-0.3, -0.25) is 4.79 Å². The molecule has 3 saturated heterocycles. The second-order valence-electron chi connectivity index (χ2n) is 11.6. The van der Waals surface area contributed by atoms with E-state index in [1.54, 1.807) is 13.8 Å². The molecular formula is C30H32AsF4N4O5. The van der Waals surface area contributed by atoms with Crippen LogP contribution in [0.2, 0.25) is 4.71 Å². The van der Waals surface area contributed by atoms with Gasteiger partial charge >= 0.3 is 182 Å². The number of rotatable bonds is 7. The van der Waals surface area contributed by atoms with E-state index < -0.39 is 58.5 Å². The van der Waals surface area contributed by atoms with Crippen LogP contribution in [-0.2, 0) is 20.5 Å². The zero-order valence-electron chi connectivity index (χ0n) is 24.4. The first-order chi connectivity index (χ1) is 20.7. The monoisotopic (exact) mass is 679 g/mol. The number of urea groups is 1. The molecule has 14 heteroatoms. The van der Waals surface area contributed by atoms with Crippen molar-refractivity contribution in [2.45, 2.75) is 49.2 Å². The van der Waals surface area contributed by atoms with Crippen molar-refractivity contribution in [3.05, 3.63) is 59.4 Å². The van der Waals surface area contributed by atoms with Crippen LogP contribution in [0.5, 0.6) is 0 Å². The third-order valence-electron chi connectivity index (χ3n) is 8.33. The maximum absolute atomic E-state index is 14.4. The number of nitrogens with zero attached hydrogens (tertiary/aromatic N) is 3. The number of ether oxygens (including phenoxy) is 1. The van der Waals surface area contributed by atoms with Crippen molar-refractivity contribution in [2.24, 2.45) is 5.92 Å². The molecule has 2 aromatic carbocycles. The minimum atomic E-state index is -4.78. The molecule has 2 aromatic rings. The third-order valence-corrected chi connectivity index (χ3v) is 11.0. The number of alkyl halides is 3. The van der Waals surface area contributed by atoms with Gasteiger partial charge in [0.05, 0.1) is 11.1 Å². The van der Waals surface area contributed by atoms with Crippen molar-refractivity contribution in [3.8, 4) is 0 Å². The number of benzene rings is 2. The van der Waals surface area contributed by atoms with Crippen LogP contribution in [0.1, 0.15) is 42.6 Å². The van der Waals surface area contributed by atoms with Crippen LogP contribution in [0.4, 0.5) is 28.0 Å². The summed E-state index contributed by atoms with van der Waals surface area (Å²) in [6.45, 7) is 4.99. The molecule has 0 aliphatic carbocycles. The second-order valence-corrected chi connectivity index (χ2v) is 14.7. The Bertz CT molecular complexity index is 1460. The van der Waals surface area contributed by atoms with Crippen molar-refractivity contribution in [2.75, 3.05) is 38.3 Å². The van der Waals surface area contributed by atoms with Gasteiger partial charge in [-0.1, -0.05) is 13.8 Å². The predicted octanol–water partition coefficient (Wildman–Crippen LogP) is 3.21. The average molecular weight is 680 g/mol. The van der Waals surface area contributed by atoms with Crippen molar-refractivity contribution in [3.63, 3.8) is 0 Å². The Kier molecular flexibility index (Phi) is 8.83. The third kappa shape index (κ3) is 5.96. The Morgan fingerprint density at radius 3 is 2.23 bits per heavy atom. The number of anilines is 1. The quantitative estimate of drug-likeness (QED) is 0.276. The van der Waals surface area contributed by atoms with Crippen LogP contribution in [0.25, 0.3) is 0 Å². The molecule has 3 fully saturated rings. The zero-order valence-corrected chi connectivity index (χ0v) is 26.2. The molecule has 235 valence electrons. The van der Waals surface area contributed by atoms with Crippen LogP contribution in [0, 0.1) is 11.7 Å². The van der Waals surface area contributed by atoms with E-state index in [9.17, 15) is 36.7 Å². The molecule has 3 heterocycles. The van der Waals surface area contributed by atoms with Gasteiger partial charge in [0.25, 0.3) is 5.91 Å². The number of hydrogen-bond acceptors (Lipinski definition) is 5.